The molecule has 1 N–H and O–H groups in total. The molecule has 1 unspecified atom stereocenters. The van der Waals surface area contributed by atoms with E-state index >= 15 is 0 Å². The van der Waals surface area contributed by atoms with Gasteiger partial charge in [-0.25, -0.2) is 0 Å². The van der Waals surface area contributed by atoms with Crippen LogP contribution in [0.5, 0.6) is 0 Å². The van der Waals surface area contributed by atoms with Gasteiger partial charge in [-0.15, -0.1) is 0 Å². The Labute approximate surface area is 72.5 Å². The summed E-state index contributed by atoms with van der Waals surface area (Å²) in [4.78, 5) is 2.99. The van der Waals surface area contributed by atoms with Crippen LogP contribution < -0.4 is 0 Å². The molecule has 0 aromatic carbocycles. The molecule has 0 saturated carbocycles. The first-order valence-electron chi connectivity index (χ1n) is 3.86. The predicted molar refractivity (Wildman–Crippen MR) is 49.6 cm³/mol. The summed E-state index contributed by atoms with van der Waals surface area (Å²) in [5.41, 5.74) is 0. The number of aliphatic hydroxyl groups excluding tert-OH is 1. The van der Waals surface area contributed by atoms with Gasteiger partial charge in [0, 0.05) is 6.54 Å². The number of rotatable bonds is 2. The first-order chi connectivity index (χ1) is 5.29. The molecule has 0 radical (unpaired) electrons. The van der Waals surface area contributed by atoms with Crippen molar-refractivity contribution in [3.05, 3.63) is 12.2 Å². The molecule has 62 valence electrons. The smallest absolute Gasteiger partial charge is 0.0785 e. The Balaban J connectivity index is 2.53. The van der Waals surface area contributed by atoms with Crippen molar-refractivity contribution in [3.8, 4) is 0 Å². The minimum absolute atomic E-state index is 0.127. The molecule has 0 spiro atoms. The van der Waals surface area contributed by atoms with E-state index in [1.54, 1.807) is 0 Å². The van der Waals surface area contributed by atoms with Crippen molar-refractivity contribution in [1.29, 1.82) is 0 Å². The lowest BCUT2D eigenvalue weighted by Gasteiger charge is -2.24. The van der Waals surface area contributed by atoms with Gasteiger partial charge in [0.1, 0.15) is 0 Å². The van der Waals surface area contributed by atoms with Crippen molar-refractivity contribution in [2.24, 2.45) is 0 Å². The maximum absolute atomic E-state index is 8.93. The third-order valence-corrected chi connectivity index (χ3v) is 2.39. The second kappa shape index (κ2) is 3.83. The molecule has 0 bridgehead atoms. The van der Waals surface area contributed by atoms with E-state index in [-0.39, 0.29) is 12.6 Å². The average molecular weight is 171 g/mol. The molecule has 0 amide bonds. The predicted octanol–water partition coefficient (Wildman–Crippen LogP) is 0.956. The molecule has 1 aliphatic rings. The van der Waals surface area contributed by atoms with E-state index in [0.29, 0.717) is 0 Å². The molecule has 0 aliphatic carbocycles. The molecule has 0 fully saturated rings. The summed E-state index contributed by atoms with van der Waals surface area (Å²) in [6, 6.07) is 0.127. The molecular weight excluding hydrogens is 158 g/mol. The zero-order chi connectivity index (χ0) is 8.27. The van der Waals surface area contributed by atoms with Crippen molar-refractivity contribution in [2.45, 2.75) is 19.4 Å². The second-order valence-electron chi connectivity index (χ2n) is 2.58. The van der Waals surface area contributed by atoms with Gasteiger partial charge >= 0.3 is 0 Å². The van der Waals surface area contributed by atoms with Gasteiger partial charge in [-0.1, -0.05) is 31.3 Å². The molecule has 1 heterocycles. The van der Waals surface area contributed by atoms with E-state index in [1.807, 2.05) is 19.1 Å². The summed E-state index contributed by atoms with van der Waals surface area (Å²) < 4.78 is 0. The Bertz CT molecular complexity index is 179. The van der Waals surface area contributed by atoms with Crippen molar-refractivity contribution in [3.63, 3.8) is 0 Å². The maximum Gasteiger partial charge on any atom is 0.0785 e. The van der Waals surface area contributed by atoms with E-state index in [9.17, 15) is 0 Å². The van der Waals surface area contributed by atoms with Crippen LogP contribution in [0.25, 0.3) is 0 Å². The number of thiocarbonyl (C=S) groups is 1. The van der Waals surface area contributed by atoms with Crippen LogP contribution in [0.15, 0.2) is 12.2 Å². The Morgan fingerprint density at radius 2 is 2.55 bits per heavy atom. The van der Waals surface area contributed by atoms with Crippen LogP contribution in [0.3, 0.4) is 0 Å². The van der Waals surface area contributed by atoms with Gasteiger partial charge in [-0.2, -0.15) is 0 Å². The van der Waals surface area contributed by atoms with Crippen LogP contribution in [0, 0.1) is 0 Å². The molecule has 0 saturated heterocycles. The lowest BCUT2D eigenvalue weighted by atomic mass is 10.3. The molecule has 2 nitrogen and oxygen atoms in total. The van der Waals surface area contributed by atoms with Gasteiger partial charge in [-0.05, 0) is 6.42 Å². The van der Waals surface area contributed by atoms with E-state index < -0.39 is 0 Å². The summed E-state index contributed by atoms with van der Waals surface area (Å²) in [7, 11) is 0. The van der Waals surface area contributed by atoms with Crippen molar-refractivity contribution in [1.82, 2.24) is 4.90 Å². The molecule has 11 heavy (non-hydrogen) atoms. The molecular formula is C8H13NOS. The van der Waals surface area contributed by atoms with Gasteiger partial charge in [0.05, 0.1) is 17.6 Å². The second-order valence-corrected chi connectivity index (χ2v) is 3.05. The number of hydrogen-bond acceptors (Lipinski definition) is 2. The molecule has 1 atom stereocenters. The number of hydrogen-bond donors (Lipinski definition) is 1. The fourth-order valence-corrected chi connectivity index (χ4v) is 1.43. The highest BCUT2D eigenvalue weighted by Gasteiger charge is 2.19. The van der Waals surface area contributed by atoms with Crippen LogP contribution in [0.1, 0.15) is 13.3 Å². The molecule has 3 heteroatoms. The van der Waals surface area contributed by atoms with Crippen molar-refractivity contribution >= 4 is 17.2 Å². The fourth-order valence-electron chi connectivity index (χ4n) is 1.22. The van der Waals surface area contributed by atoms with E-state index in [1.165, 1.54) is 0 Å². The van der Waals surface area contributed by atoms with Crippen LogP contribution >= 0.6 is 12.2 Å². The summed E-state index contributed by atoms with van der Waals surface area (Å²) in [6.45, 7) is 3.06. The van der Waals surface area contributed by atoms with E-state index in [2.05, 4.69) is 4.90 Å². The molecule has 1 rings (SSSR count). The highest BCUT2D eigenvalue weighted by Crippen LogP contribution is 2.11. The van der Waals surface area contributed by atoms with Crippen LogP contribution in [0.4, 0.5) is 0 Å². The first kappa shape index (κ1) is 8.68. The van der Waals surface area contributed by atoms with Crippen LogP contribution in [-0.2, 0) is 0 Å². The third-order valence-electron chi connectivity index (χ3n) is 1.87. The minimum atomic E-state index is 0.127. The Morgan fingerprint density at radius 1 is 1.82 bits per heavy atom. The van der Waals surface area contributed by atoms with Crippen LogP contribution in [-0.4, -0.2) is 34.2 Å². The molecule has 0 aromatic rings. The van der Waals surface area contributed by atoms with Crippen molar-refractivity contribution in [2.75, 3.05) is 13.2 Å². The summed E-state index contributed by atoms with van der Waals surface area (Å²) in [5.74, 6) is 0. The van der Waals surface area contributed by atoms with Gasteiger partial charge < -0.3 is 10.0 Å². The summed E-state index contributed by atoms with van der Waals surface area (Å²) in [6.07, 6.45) is 4.93. The van der Waals surface area contributed by atoms with Gasteiger partial charge in [0.15, 0.2) is 0 Å². The zero-order valence-corrected chi connectivity index (χ0v) is 7.47. The minimum Gasteiger partial charge on any atom is -0.394 e. The van der Waals surface area contributed by atoms with Crippen molar-refractivity contribution < 1.29 is 5.11 Å². The topological polar surface area (TPSA) is 23.5 Å². The normalized spacial score (nSPS) is 22.7. The Hall–Kier alpha value is -0.410. The highest BCUT2D eigenvalue weighted by atomic mass is 32.1. The lowest BCUT2D eigenvalue weighted by Crippen LogP contribution is -2.36. The van der Waals surface area contributed by atoms with E-state index in [4.69, 9.17) is 17.3 Å². The fraction of sp³-hybridized carbons (Fsp3) is 0.625. The number of aliphatic hydroxyl groups is 1. The quantitative estimate of drug-likeness (QED) is 0.494. The summed E-state index contributed by atoms with van der Waals surface area (Å²) >= 11 is 5.13. The zero-order valence-electron chi connectivity index (χ0n) is 6.66. The standard InChI is InChI=1S/C8H13NOS/c1-2-8(11)9-5-3-4-7(9)6-10/h3-4,7,10H,2,5-6H2,1H3. The van der Waals surface area contributed by atoms with Crippen LogP contribution in [0.2, 0.25) is 0 Å². The monoisotopic (exact) mass is 171 g/mol. The lowest BCUT2D eigenvalue weighted by molar-refractivity contribution is 0.226. The van der Waals surface area contributed by atoms with E-state index in [0.717, 1.165) is 18.0 Å². The third kappa shape index (κ3) is 1.79. The van der Waals surface area contributed by atoms with Gasteiger partial charge in [-0.3, -0.25) is 0 Å². The molecule has 1 aliphatic heterocycles. The highest BCUT2D eigenvalue weighted by molar-refractivity contribution is 7.80. The maximum atomic E-state index is 8.93. The van der Waals surface area contributed by atoms with Gasteiger partial charge in [0.2, 0.25) is 0 Å². The largest absolute Gasteiger partial charge is 0.394 e. The number of nitrogens with zero attached hydrogens (tertiary/aromatic N) is 1. The summed E-state index contributed by atoms with van der Waals surface area (Å²) in [5, 5.41) is 8.93. The Kier molecular flexibility index (Phi) is 3.02. The first-order valence-corrected chi connectivity index (χ1v) is 4.27. The van der Waals surface area contributed by atoms with Gasteiger partial charge in [0.25, 0.3) is 0 Å². The Morgan fingerprint density at radius 3 is 3.09 bits per heavy atom. The average Bonchev–Trinajstić information content (AvgIpc) is 2.50. The SMILES string of the molecule is CCC(=S)N1CC=CC1CO. The molecule has 0 aromatic heterocycles.